The Labute approximate surface area is 102 Å². The molecule has 0 spiro atoms. The highest BCUT2D eigenvalue weighted by molar-refractivity contribution is 14.1. The molecule has 14 heavy (non-hydrogen) atoms. The molecule has 0 atom stereocenters. The van der Waals surface area contributed by atoms with Crippen LogP contribution in [0, 0.1) is 3.01 Å². The molecule has 0 radical (unpaired) electrons. The van der Waals surface area contributed by atoms with Gasteiger partial charge in [0.1, 0.15) is 5.60 Å². The number of methoxy groups -OCH3 is 1. The van der Waals surface area contributed by atoms with E-state index in [-0.39, 0.29) is 5.60 Å². The maximum Gasteiger partial charge on any atom is 0.175 e. The molecule has 3 nitrogen and oxygen atoms in total. The minimum atomic E-state index is -0.182. The molecule has 0 N–H and O–H groups in total. The average molecular weight is 324 g/mol. The van der Waals surface area contributed by atoms with E-state index in [0.29, 0.717) is 0 Å². The van der Waals surface area contributed by atoms with Gasteiger partial charge in [-0.2, -0.15) is 4.37 Å². The summed E-state index contributed by atoms with van der Waals surface area (Å²) in [6, 6.07) is 0. The summed E-state index contributed by atoms with van der Waals surface area (Å²) in [6.07, 6.45) is 5.90. The molecule has 1 aliphatic rings. The van der Waals surface area contributed by atoms with E-state index in [4.69, 9.17) is 4.74 Å². The van der Waals surface area contributed by atoms with Gasteiger partial charge >= 0.3 is 0 Å². The fourth-order valence-electron chi connectivity index (χ4n) is 2.03. The van der Waals surface area contributed by atoms with Crippen LogP contribution >= 0.6 is 34.1 Å². The van der Waals surface area contributed by atoms with Crippen LogP contribution in [0.2, 0.25) is 0 Å². The van der Waals surface area contributed by atoms with Crippen molar-refractivity contribution in [3.8, 4) is 0 Å². The predicted molar refractivity (Wildman–Crippen MR) is 64.4 cm³/mol. The van der Waals surface area contributed by atoms with Gasteiger partial charge in [0.25, 0.3) is 0 Å². The summed E-state index contributed by atoms with van der Waals surface area (Å²) in [5.74, 6) is 0.897. The second kappa shape index (κ2) is 4.40. The van der Waals surface area contributed by atoms with Crippen LogP contribution in [0.5, 0.6) is 0 Å². The third-order valence-corrected chi connectivity index (χ3v) is 4.20. The number of halogens is 1. The highest BCUT2D eigenvalue weighted by atomic mass is 127. The molecule has 0 bridgehead atoms. The van der Waals surface area contributed by atoms with Crippen molar-refractivity contribution < 1.29 is 4.74 Å². The van der Waals surface area contributed by atoms with Gasteiger partial charge in [-0.05, 0) is 47.0 Å². The summed E-state index contributed by atoms with van der Waals surface area (Å²) >= 11 is 3.67. The molecule has 2 rings (SSSR count). The lowest BCUT2D eigenvalue weighted by Gasteiger charge is -2.33. The van der Waals surface area contributed by atoms with Gasteiger partial charge in [0.2, 0.25) is 0 Å². The number of hydrogen-bond donors (Lipinski definition) is 0. The summed E-state index contributed by atoms with van der Waals surface area (Å²) in [6.45, 7) is 0. The first-order valence-corrected chi connectivity index (χ1v) is 6.67. The molecule has 1 saturated carbocycles. The normalized spacial score (nSPS) is 21.0. The van der Waals surface area contributed by atoms with Gasteiger partial charge in [0, 0.05) is 7.11 Å². The SMILES string of the molecule is COC1(c2nsc(I)n2)CCCCC1. The van der Waals surface area contributed by atoms with Crippen molar-refractivity contribution in [2.75, 3.05) is 7.11 Å². The van der Waals surface area contributed by atoms with Crippen LogP contribution in [0.25, 0.3) is 0 Å². The molecule has 5 heteroatoms. The summed E-state index contributed by atoms with van der Waals surface area (Å²) in [5.41, 5.74) is -0.182. The molecule has 0 amide bonds. The lowest BCUT2D eigenvalue weighted by atomic mass is 9.84. The van der Waals surface area contributed by atoms with Gasteiger partial charge in [-0.25, -0.2) is 4.98 Å². The van der Waals surface area contributed by atoms with Gasteiger partial charge in [-0.15, -0.1) is 0 Å². The molecule has 1 aromatic heterocycles. The molecule has 1 heterocycles. The smallest absolute Gasteiger partial charge is 0.175 e. The first-order valence-electron chi connectivity index (χ1n) is 4.82. The molecule has 0 saturated heterocycles. The van der Waals surface area contributed by atoms with E-state index in [1.165, 1.54) is 30.8 Å². The second-order valence-corrected chi connectivity index (χ2v) is 6.14. The van der Waals surface area contributed by atoms with E-state index in [2.05, 4.69) is 31.9 Å². The van der Waals surface area contributed by atoms with E-state index >= 15 is 0 Å². The molecule has 78 valence electrons. The maximum absolute atomic E-state index is 5.66. The zero-order chi connectivity index (χ0) is 10.0. The van der Waals surface area contributed by atoms with Crippen LogP contribution in [0.15, 0.2) is 0 Å². The standard InChI is InChI=1S/C9H13IN2OS/c1-13-9(5-3-2-4-6-9)7-11-8(10)14-12-7/h2-6H2,1H3. The maximum atomic E-state index is 5.66. The van der Waals surface area contributed by atoms with Crippen molar-refractivity contribution in [1.29, 1.82) is 0 Å². The Morgan fingerprint density at radius 1 is 1.36 bits per heavy atom. The Kier molecular flexibility index (Phi) is 3.38. The van der Waals surface area contributed by atoms with Crippen LogP contribution in [-0.4, -0.2) is 16.5 Å². The van der Waals surface area contributed by atoms with Crippen LogP contribution < -0.4 is 0 Å². The van der Waals surface area contributed by atoms with Gasteiger partial charge < -0.3 is 4.74 Å². The lowest BCUT2D eigenvalue weighted by Crippen LogP contribution is -2.32. The van der Waals surface area contributed by atoms with Crippen LogP contribution in [0.3, 0.4) is 0 Å². The van der Waals surface area contributed by atoms with E-state index < -0.39 is 0 Å². The van der Waals surface area contributed by atoms with Crippen molar-refractivity contribution in [1.82, 2.24) is 9.36 Å². The highest BCUT2D eigenvalue weighted by Gasteiger charge is 2.37. The molecule has 0 unspecified atom stereocenters. The molecular weight excluding hydrogens is 311 g/mol. The van der Waals surface area contributed by atoms with Gasteiger partial charge in [-0.3, -0.25) is 0 Å². The zero-order valence-electron chi connectivity index (χ0n) is 8.12. The van der Waals surface area contributed by atoms with Gasteiger partial charge in [0.15, 0.2) is 8.84 Å². The predicted octanol–water partition coefficient (Wildman–Crippen LogP) is 2.95. The Hall–Kier alpha value is 0.250. The molecule has 1 aromatic rings. The lowest BCUT2D eigenvalue weighted by molar-refractivity contribution is -0.0507. The zero-order valence-corrected chi connectivity index (χ0v) is 11.1. The Morgan fingerprint density at radius 3 is 2.57 bits per heavy atom. The van der Waals surface area contributed by atoms with Crippen molar-refractivity contribution in [3.63, 3.8) is 0 Å². The van der Waals surface area contributed by atoms with Crippen molar-refractivity contribution in [2.45, 2.75) is 37.7 Å². The van der Waals surface area contributed by atoms with E-state index in [0.717, 1.165) is 21.7 Å². The minimum Gasteiger partial charge on any atom is -0.370 e. The number of ether oxygens (including phenoxy) is 1. The van der Waals surface area contributed by atoms with Crippen LogP contribution in [0.1, 0.15) is 37.9 Å². The third-order valence-electron chi connectivity index (χ3n) is 2.86. The van der Waals surface area contributed by atoms with Crippen molar-refractivity contribution in [2.24, 2.45) is 0 Å². The minimum absolute atomic E-state index is 0.182. The topological polar surface area (TPSA) is 35.0 Å². The first-order chi connectivity index (χ1) is 6.77. The summed E-state index contributed by atoms with van der Waals surface area (Å²) in [5, 5.41) is 0. The van der Waals surface area contributed by atoms with Crippen molar-refractivity contribution in [3.05, 3.63) is 8.84 Å². The van der Waals surface area contributed by atoms with Crippen LogP contribution in [0.4, 0.5) is 0 Å². The summed E-state index contributed by atoms with van der Waals surface area (Å²) in [7, 11) is 1.78. The number of hydrogen-bond acceptors (Lipinski definition) is 4. The summed E-state index contributed by atoms with van der Waals surface area (Å²) < 4.78 is 11.0. The first kappa shape index (κ1) is 10.8. The largest absolute Gasteiger partial charge is 0.370 e. The van der Waals surface area contributed by atoms with E-state index in [1.54, 1.807) is 7.11 Å². The number of rotatable bonds is 2. The summed E-state index contributed by atoms with van der Waals surface area (Å²) in [4.78, 5) is 4.45. The Bertz CT molecular complexity index is 310. The van der Waals surface area contributed by atoms with Crippen LogP contribution in [-0.2, 0) is 10.3 Å². The fourth-order valence-corrected chi connectivity index (χ4v) is 3.05. The number of nitrogens with zero attached hydrogens (tertiary/aromatic N) is 2. The quantitative estimate of drug-likeness (QED) is 0.785. The Balaban J connectivity index is 2.26. The molecule has 1 aliphatic carbocycles. The molecule has 0 aliphatic heterocycles. The molecular formula is C9H13IN2OS. The van der Waals surface area contributed by atoms with E-state index in [9.17, 15) is 0 Å². The molecule has 0 aromatic carbocycles. The monoisotopic (exact) mass is 324 g/mol. The van der Waals surface area contributed by atoms with Gasteiger partial charge in [0.05, 0.1) is 0 Å². The Morgan fingerprint density at radius 2 is 2.07 bits per heavy atom. The fraction of sp³-hybridized carbons (Fsp3) is 0.778. The van der Waals surface area contributed by atoms with Crippen molar-refractivity contribution >= 4 is 34.1 Å². The van der Waals surface area contributed by atoms with Gasteiger partial charge in [-0.1, -0.05) is 19.3 Å². The second-order valence-electron chi connectivity index (χ2n) is 3.63. The third kappa shape index (κ3) is 1.94. The number of aromatic nitrogens is 2. The average Bonchev–Trinajstić information content (AvgIpc) is 2.66. The molecule has 1 fully saturated rings. The van der Waals surface area contributed by atoms with E-state index in [1.807, 2.05) is 0 Å². The highest BCUT2D eigenvalue weighted by Crippen LogP contribution is 2.38.